The van der Waals surface area contributed by atoms with Crippen molar-refractivity contribution in [2.75, 3.05) is 0 Å². The van der Waals surface area contributed by atoms with Gasteiger partial charge in [0.05, 0.1) is 11.3 Å². The first kappa shape index (κ1) is 14.0. The lowest BCUT2D eigenvalue weighted by Gasteiger charge is -2.09. The Hall–Kier alpha value is -1.39. The molecule has 0 bridgehead atoms. The van der Waals surface area contributed by atoms with Crippen LogP contribution in [0.25, 0.3) is 11.3 Å². The van der Waals surface area contributed by atoms with Crippen LogP contribution < -0.4 is 5.73 Å². The van der Waals surface area contributed by atoms with E-state index in [-0.39, 0.29) is 0 Å². The second-order valence-corrected chi connectivity index (χ2v) is 5.86. The van der Waals surface area contributed by atoms with Gasteiger partial charge < -0.3 is 5.73 Å². The number of nitrogens with zero attached hydrogens (tertiary/aromatic N) is 2. The number of aromatic nitrogens is 1. The molecule has 94 valence electrons. The van der Waals surface area contributed by atoms with Crippen molar-refractivity contribution in [2.45, 2.75) is 0 Å². The van der Waals surface area contributed by atoms with Gasteiger partial charge >= 0.3 is 0 Å². The number of hydrogen-bond acceptors (Lipinski definition) is 3. The lowest BCUT2D eigenvalue weighted by molar-refractivity contribution is 1.31. The molecule has 2 rings (SSSR count). The molecule has 0 aliphatic carbocycles. The number of halogens is 2. The fourth-order valence-electron chi connectivity index (χ4n) is 1.64. The highest BCUT2D eigenvalue weighted by Crippen LogP contribution is 2.28. The zero-order chi connectivity index (χ0) is 13.8. The van der Waals surface area contributed by atoms with E-state index in [1.807, 2.05) is 18.2 Å². The Labute approximate surface area is 133 Å². The largest absolute Gasteiger partial charge is 0.397 e. The molecule has 5 heteroatoms. The van der Waals surface area contributed by atoms with E-state index >= 15 is 0 Å². The van der Waals surface area contributed by atoms with Crippen LogP contribution in [0.5, 0.6) is 0 Å². The van der Waals surface area contributed by atoms with E-state index in [4.69, 9.17) is 5.73 Å². The number of nitrogens with two attached hydrogens (primary N) is 1. The topological polar surface area (TPSA) is 62.7 Å². The third kappa shape index (κ3) is 3.14. The molecule has 0 aliphatic rings. The van der Waals surface area contributed by atoms with Crippen molar-refractivity contribution in [3.05, 3.63) is 61.9 Å². The van der Waals surface area contributed by atoms with Crippen LogP contribution in [-0.2, 0) is 0 Å². The minimum Gasteiger partial charge on any atom is -0.397 e. The molecule has 0 spiro atoms. The number of hydrogen-bond donors (Lipinski definition) is 1. The van der Waals surface area contributed by atoms with Crippen molar-refractivity contribution in [3.63, 3.8) is 0 Å². The van der Waals surface area contributed by atoms with Crippen LogP contribution in [0.1, 0.15) is 11.1 Å². The van der Waals surface area contributed by atoms with Crippen molar-refractivity contribution in [3.8, 4) is 6.07 Å². The fraction of sp³-hybridized carbons (Fsp3) is 0. The van der Waals surface area contributed by atoms with Crippen molar-refractivity contribution in [1.29, 1.82) is 5.26 Å². The van der Waals surface area contributed by atoms with Crippen LogP contribution >= 0.6 is 38.5 Å². The first-order chi connectivity index (χ1) is 9.13. The van der Waals surface area contributed by atoms with Gasteiger partial charge in [-0.05, 0) is 58.5 Å². The summed E-state index contributed by atoms with van der Waals surface area (Å²) >= 11 is 5.68. The molecule has 1 aromatic heterocycles. The predicted molar refractivity (Wildman–Crippen MR) is 87.7 cm³/mol. The van der Waals surface area contributed by atoms with Gasteiger partial charge in [0.25, 0.3) is 0 Å². The van der Waals surface area contributed by atoms with E-state index in [1.54, 1.807) is 24.5 Å². The van der Waals surface area contributed by atoms with Gasteiger partial charge in [0.15, 0.2) is 0 Å². The van der Waals surface area contributed by atoms with Crippen LogP contribution in [0.4, 0.5) is 0 Å². The summed E-state index contributed by atoms with van der Waals surface area (Å²) in [4.78, 5) is 3.94. The lowest BCUT2D eigenvalue weighted by Crippen LogP contribution is -2.02. The third-order valence-electron chi connectivity index (χ3n) is 2.57. The van der Waals surface area contributed by atoms with E-state index in [0.29, 0.717) is 11.3 Å². The summed E-state index contributed by atoms with van der Waals surface area (Å²) in [5.74, 6) is 0. The predicted octanol–water partition coefficient (Wildman–Crippen LogP) is 3.80. The van der Waals surface area contributed by atoms with Crippen molar-refractivity contribution in [1.82, 2.24) is 4.98 Å². The van der Waals surface area contributed by atoms with E-state index in [0.717, 1.165) is 19.2 Å². The van der Waals surface area contributed by atoms with Gasteiger partial charge in [0.1, 0.15) is 6.07 Å². The molecule has 0 atom stereocenters. The summed E-state index contributed by atoms with van der Waals surface area (Å²) in [5, 5.41) is 9.35. The molecule has 0 saturated heterocycles. The zero-order valence-electron chi connectivity index (χ0n) is 9.77. The van der Waals surface area contributed by atoms with Gasteiger partial charge in [0, 0.05) is 26.0 Å². The smallest absolute Gasteiger partial charge is 0.102 e. The van der Waals surface area contributed by atoms with Gasteiger partial charge in [-0.25, -0.2) is 0 Å². The highest BCUT2D eigenvalue weighted by Gasteiger charge is 2.11. The molecule has 0 unspecified atom stereocenters. The van der Waals surface area contributed by atoms with E-state index in [1.165, 1.54) is 0 Å². The Balaban J connectivity index is 2.62. The Morgan fingerprint density at radius 2 is 1.95 bits per heavy atom. The maximum atomic E-state index is 9.35. The number of pyridine rings is 1. The summed E-state index contributed by atoms with van der Waals surface area (Å²) in [6.45, 7) is 0. The summed E-state index contributed by atoms with van der Waals surface area (Å²) in [6, 6.07) is 11.5. The second kappa shape index (κ2) is 6.17. The minimum absolute atomic E-state index is 0.449. The standard InChI is InChI=1S/C14H9BrIN3/c15-13-2-1-10(16)7-11(13)14(18)12(8-17)9-3-5-19-6-4-9/h1-7H,18H2/b14-12-. The van der Waals surface area contributed by atoms with Crippen LogP contribution in [0, 0.1) is 14.9 Å². The first-order valence-electron chi connectivity index (χ1n) is 5.39. The number of rotatable bonds is 2. The SMILES string of the molecule is N#C/C(=C(/N)c1cc(I)ccc1Br)c1ccncc1. The minimum atomic E-state index is 0.449. The maximum Gasteiger partial charge on any atom is 0.102 e. The third-order valence-corrected chi connectivity index (χ3v) is 3.93. The Morgan fingerprint density at radius 3 is 2.58 bits per heavy atom. The molecule has 0 aliphatic heterocycles. The van der Waals surface area contributed by atoms with Crippen LogP contribution in [0.15, 0.2) is 47.2 Å². The van der Waals surface area contributed by atoms with E-state index < -0.39 is 0 Å². The van der Waals surface area contributed by atoms with Crippen LogP contribution in [0.3, 0.4) is 0 Å². The highest BCUT2D eigenvalue weighted by molar-refractivity contribution is 14.1. The summed E-state index contributed by atoms with van der Waals surface area (Å²) in [6.07, 6.45) is 3.29. The number of benzene rings is 1. The normalized spacial score (nSPS) is 11.6. The van der Waals surface area contributed by atoms with Crippen molar-refractivity contribution >= 4 is 49.8 Å². The molecule has 3 nitrogen and oxygen atoms in total. The molecular weight excluding hydrogens is 417 g/mol. The molecule has 1 aromatic carbocycles. The molecule has 19 heavy (non-hydrogen) atoms. The lowest BCUT2D eigenvalue weighted by atomic mass is 10.0. The summed E-state index contributed by atoms with van der Waals surface area (Å²) in [5.41, 5.74) is 8.65. The fourth-order valence-corrected chi connectivity index (χ4v) is 2.59. The molecule has 0 fully saturated rings. The summed E-state index contributed by atoms with van der Waals surface area (Å²) < 4.78 is 1.93. The molecule has 0 radical (unpaired) electrons. The number of allylic oxidation sites excluding steroid dienone is 1. The highest BCUT2D eigenvalue weighted by atomic mass is 127. The quantitative estimate of drug-likeness (QED) is 0.588. The molecule has 0 amide bonds. The van der Waals surface area contributed by atoms with Gasteiger partial charge in [0.2, 0.25) is 0 Å². The Bertz CT molecular complexity index is 675. The summed E-state index contributed by atoms with van der Waals surface area (Å²) in [7, 11) is 0. The molecule has 2 aromatic rings. The van der Waals surface area contributed by atoms with Crippen LogP contribution in [0.2, 0.25) is 0 Å². The Kier molecular flexibility index (Phi) is 4.56. The van der Waals surface area contributed by atoms with E-state index in [2.05, 4.69) is 49.6 Å². The molecular formula is C14H9BrIN3. The first-order valence-corrected chi connectivity index (χ1v) is 7.26. The maximum absolute atomic E-state index is 9.35. The van der Waals surface area contributed by atoms with Gasteiger partial charge in [-0.3, -0.25) is 4.98 Å². The monoisotopic (exact) mass is 425 g/mol. The Morgan fingerprint density at radius 1 is 1.26 bits per heavy atom. The average Bonchev–Trinajstić information content (AvgIpc) is 2.43. The molecule has 2 N–H and O–H groups in total. The van der Waals surface area contributed by atoms with E-state index in [9.17, 15) is 5.26 Å². The number of nitriles is 1. The molecule has 1 heterocycles. The average molecular weight is 426 g/mol. The van der Waals surface area contributed by atoms with Crippen molar-refractivity contribution < 1.29 is 0 Å². The van der Waals surface area contributed by atoms with Gasteiger partial charge in [-0.2, -0.15) is 5.26 Å². The second-order valence-electron chi connectivity index (χ2n) is 3.76. The van der Waals surface area contributed by atoms with Crippen LogP contribution in [-0.4, -0.2) is 4.98 Å². The van der Waals surface area contributed by atoms with Gasteiger partial charge in [-0.1, -0.05) is 15.9 Å². The molecule has 0 saturated carbocycles. The van der Waals surface area contributed by atoms with Gasteiger partial charge in [-0.15, -0.1) is 0 Å². The van der Waals surface area contributed by atoms with Crippen molar-refractivity contribution in [2.24, 2.45) is 5.73 Å². The zero-order valence-corrected chi connectivity index (χ0v) is 13.5.